The van der Waals surface area contributed by atoms with Gasteiger partial charge in [0, 0.05) is 18.7 Å². The molecule has 0 aliphatic carbocycles. The number of nitrogens with one attached hydrogen (secondary N) is 2. The molecule has 0 radical (unpaired) electrons. The van der Waals surface area contributed by atoms with Crippen LogP contribution in [-0.2, 0) is 4.79 Å². The number of anilines is 2. The molecule has 0 atom stereocenters. The molecule has 2 aromatic carbocycles. The fourth-order valence-electron chi connectivity index (χ4n) is 2.53. The van der Waals surface area contributed by atoms with Crippen LogP contribution in [0.2, 0.25) is 0 Å². The van der Waals surface area contributed by atoms with E-state index in [1.165, 1.54) is 11.6 Å². The van der Waals surface area contributed by atoms with Gasteiger partial charge in [0.2, 0.25) is 5.91 Å². The molecule has 0 aliphatic rings. The minimum Gasteiger partial charge on any atom is -0.384 e. The molecular weight excluding hydrogens is 310 g/mol. The van der Waals surface area contributed by atoms with Crippen LogP contribution in [0.1, 0.15) is 37.3 Å². The van der Waals surface area contributed by atoms with E-state index in [1.54, 1.807) is 0 Å². The summed E-state index contributed by atoms with van der Waals surface area (Å²) >= 11 is 0. The molecule has 0 spiro atoms. The summed E-state index contributed by atoms with van der Waals surface area (Å²) in [5.41, 5.74) is 2.89. The van der Waals surface area contributed by atoms with E-state index in [9.17, 15) is 13.6 Å². The number of benzene rings is 2. The van der Waals surface area contributed by atoms with Gasteiger partial charge in [-0.05, 0) is 36.1 Å². The van der Waals surface area contributed by atoms with Crippen molar-refractivity contribution in [2.45, 2.75) is 33.1 Å². The minimum absolute atomic E-state index is 0.111. The second-order valence-electron chi connectivity index (χ2n) is 6.02. The van der Waals surface area contributed by atoms with E-state index < -0.39 is 23.2 Å². The number of aryl methyl sites for hydroxylation is 1. The van der Waals surface area contributed by atoms with Crippen molar-refractivity contribution in [2.24, 2.45) is 0 Å². The van der Waals surface area contributed by atoms with Gasteiger partial charge < -0.3 is 10.6 Å². The minimum atomic E-state index is -0.780. The molecule has 0 unspecified atom stereocenters. The van der Waals surface area contributed by atoms with Gasteiger partial charge in [-0.3, -0.25) is 4.79 Å². The fraction of sp³-hybridized carbons (Fsp3) is 0.316. The number of carbonyl (C=O) groups is 1. The van der Waals surface area contributed by atoms with Crippen molar-refractivity contribution in [1.82, 2.24) is 0 Å². The summed E-state index contributed by atoms with van der Waals surface area (Å²) in [6.07, 6.45) is 0.111. The first kappa shape index (κ1) is 17.9. The van der Waals surface area contributed by atoms with Crippen LogP contribution in [0.15, 0.2) is 36.4 Å². The molecule has 0 saturated carbocycles. The van der Waals surface area contributed by atoms with E-state index in [2.05, 4.69) is 30.5 Å². The van der Waals surface area contributed by atoms with Gasteiger partial charge in [0.15, 0.2) is 0 Å². The largest absolute Gasteiger partial charge is 0.384 e. The zero-order chi connectivity index (χ0) is 17.7. The fourth-order valence-corrected chi connectivity index (χ4v) is 2.53. The van der Waals surface area contributed by atoms with Crippen molar-refractivity contribution >= 4 is 17.3 Å². The van der Waals surface area contributed by atoms with E-state index in [-0.39, 0.29) is 6.42 Å². The first-order valence-corrected chi connectivity index (χ1v) is 7.97. The number of hydrogen-bond acceptors (Lipinski definition) is 2. The summed E-state index contributed by atoms with van der Waals surface area (Å²) < 4.78 is 27.0. The van der Waals surface area contributed by atoms with E-state index >= 15 is 0 Å². The van der Waals surface area contributed by atoms with Crippen molar-refractivity contribution in [2.75, 3.05) is 17.2 Å². The number of para-hydroxylation sites is 2. The highest BCUT2D eigenvalue weighted by molar-refractivity contribution is 5.91. The zero-order valence-corrected chi connectivity index (χ0v) is 14.1. The predicted molar refractivity (Wildman–Crippen MR) is 93.4 cm³/mol. The molecule has 24 heavy (non-hydrogen) atoms. The van der Waals surface area contributed by atoms with E-state index in [1.807, 2.05) is 19.1 Å². The van der Waals surface area contributed by atoms with Crippen LogP contribution in [0.25, 0.3) is 0 Å². The van der Waals surface area contributed by atoms with E-state index in [0.717, 1.165) is 23.4 Å². The van der Waals surface area contributed by atoms with Crippen LogP contribution in [0.5, 0.6) is 0 Å². The summed E-state index contributed by atoms with van der Waals surface area (Å²) in [5, 5.41) is 5.55. The van der Waals surface area contributed by atoms with Crippen LogP contribution < -0.4 is 10.6 Å². The second-order valence-corrected chi connectivity index (χ2v) is 6.02. The third-order valence-electron chi connectivity index (χ3n) is 3.81. The Labute approximate surface area is 141 Å². The van der Waals surface area contributed by atoms with Crippen molar-refractivity contribution in [3.63, 3.8) is 0 Å². The van der Waals surface area contributed by atoms with Gasteiger partial charge >= 0.3 is 0 Å². The molecule has 3 nitrogen and oxygen atoms in total. The third kappa shape index (κ3) is 4.31. The number of hydrogen-bond donors (Lipinski definition) is 2. The second kappa shape index (κ2) is 7.90. The topological polar surface area (TPSA) is 41.1 Å². The van der Waals surface area contributed by atoms with Crippen LogP contribution in [0, 0.1) is 18.6 Å². The molecule has 5 heteroatoms. The van der Waals surface area contributed by atoms with Crippen molar-refractivity contribution in [3.05, 3.63) is 59.2 Å². The molecule has 2 rings (SSSR count). The first-order valence-electron chi connectivity index (χ1n) is 7.97. The number of carbonyl (C=O) groups excluding carboxylic acids is 1. The van der Waals surface area contributed by atoms with Gasteiger partial charge in [-0.1, -0.05) is 38.1 Å². The lowest BCUT2D eigenvalue weighted by molar-refractivity contribution is -0.116. The first-order chi connectivity index (χ1) is 11.4. The zero-order valence-electron chi connectivity index (χ0n) is 14.1. The molecule has 0 aliphatic heterocycles. The molecule has 0 aromatic heterocycles. The van der Waals surface area contributed by atoms with Gasteiger partial charge in [-0.15, -0.1) is 0 Å². The van der Waals surface area contributed by atoms with Crippen LogP contribution >= 0.6 is 0 Å². The Morgan fingerprint density at radius 1 is 1.04 bits per heavy atom. The summed E-state index contributed by atoms with van der Waals surface area (Å²) in [6, 6.07) is 9.53. The average Bonchev–Trinajstić information content (AvgIpc) is 2.52. The highest BCUT2D eigenvalue weighted by atomic mass is 19.1. The van der Waals surface area contributed by atoms with Crippen LogP contribution in [0.4, 0.5) is 20.2 Å². The Morgan fingerprint density at radius 2 is 1.67 bits per heavy atom. The number of amides is 1. The molecule has 0 fully saturated rings. The molecule has 128 valence electrons. The van der Waals surface area contributed by atoms with Gasteiger partial charge in [0.1, 0.15) is 17.3 Å². The van der Waals surface area contributed by atoms with Crippen LogP contribution in [-0.4, -0.2) is 12.5 Å². The molecule has 0 saturated heterocycles. The maximum atomic E-state index is 13.5. The maximum absolute atomic E-state index is 13.5. The summed E-state index contributed by atoms with van der Waals surface area (Å²) in [7, 11) is 0. The van der Waals surface area contributed by atoms with E-state index in [4.69, 9.17) is 0 Å². The van der Waals surface area contributed by atoms with Gasteiger partial charge in [-0.2, -0.15) is 0 Å². The lowest BCUT2D eigenvalue weighted by Crippen LogP contribution is -2.18. The van der Waals surface area contributed by atoms with Gasteiger partial charge in [0.25, 0.3) is 0 Å². The summed E-state index contributed by atoms with van der Waals surface area (Å²) in [4.78, 5) is 11.9. The highest BCUT2D eigenvalue weighted by Crippen LogP contribution is 2.27. The normalized spacial score (nSPS) is 10.8. The molecule has 0 bridgehead atoms. The standard InChI is InChI=1S/C19H22F2N2O/c1-12(2)14-7-4-6-13(3)18(14)22-11-10-17(24)23-19-15(20)8-5-9-16(19)21/h4-9,12,22H,10-11H2,1-3H3,(H,23,24). The summed E-state index contributed by atoms with van der Waals surface area (Å²) in [5.74, 6) is -1.64. The Morgan fingerprint density at radius 3 is 2.29 bits per heavy atom. The lowest BCUT2D eigenvalue weighted by atomic mass is 9.98. The Balaban J connectivity index is 1.97. The Kier molecular flexibility index (Phi) is 5.90. The highest BCUT2D eigenvalue weighted by Gasteiger charge is 2.13. The number of halogens is 2. The third-order valence-corrected chi connectivity index (χ3v) is 3.81. The molecule has 2 N–H and O–H groups in total. The average molecular weight is 332 g/mol. The van der Waals surface area contributed by atoms with Gasteiger partial charge in [0.05, 0.1) is 0 Å². The number of rotatable bonds is 6. The molecule has 1 amide bonds. The maximum Gasteiger partial charge on any atom is 0.226 e. The van der Waals surface area contributed by atoms with Crippen LogP contribution in [0.3, 0.4) is 0 Å². The van der Waals surface area contributed by atoms with E-state index in [0.29, 0.717) is 12.5 Å². The quantitative estimate of drug-likeness (QED) is 0.795. The predicted octanol–water partition coefficient (Wildman–Crippen LogP) is 4.84. The molecule has 2 aromatic rings. The lowest BCUT2D eigenvalue weighted by Gasteiger charge is -2.17. The van der Waals surface area contributed by atoms with Gasteiger partial charge in [-0.25, -0.2) is 8.78 Å². The van der Waals surface area contributed by atoms with Crippen molar-refractivity contribution in [3.8, 4) is 0 Å². The molecule has 0 heterocycles. The summed E-state index contributed by atoms with van der Waals surface area (Å²) in [6.45, 7) is 6.59. The van der Waals surface area contributed by atoms with Crippen molar-refractivity contribution < 1.29 is 13.6 Å². The Bertz CT molecular complexity index is 709. The van der Waals surface area contributed by atoms with Crippen molar-refractivity contribution in [1.29, 1.82) is 0 Å². The smallest absolute Gasteiger partial charge is 0.226 e. The monoisotopic (exact) mass is 332 g/mol. The molecular formula is C19H22F2N2O. The Hall–Kier alpha value is -2.43. The SMILES string of the molecule is Cc1cccc(C(C)C)c1NCCC(=O)Nc1c(F)cccc1F.